The minimum atomic E-state index is -3.70. The van der Waals surface area contributed by atoms with E-state index in [1.807, 2.05) is 24.3 Å². The largest absolute Gasteiger partial charge is 0.497 e. The van der Waals surface area contributed by atoms with Gasteiger partial charge in [0, 0.05) is 6.54 Å². The number of ether oxygens (including phenoxy) is 2. The second-order valence-corrected chi connectivity index (χ2v) is 8.66. The third-order valence-corrected chi connectivity index (χ3v) is 7.01. The summed E-state index contributed by atoms with van der Waals surface area (Å²) in [6, 6.07) is 13.3. The Balaban J connectivity index is 1.94. The summed E-state index contributed by atoms with van der Waals surface area (Å²) < 4.78 is 38.3. The summed E-state index contributed by atoms with van der Waals surface area (Å²) in [7, 11) is -0.796. The molecule has 1 atom stereocenters. The number of rotatable bonds is 5. The summed E-state index contributed by atoms with van der Waals surface area (Å²) in [6.07, 6.45) is 3.57. The van der Waals surface area contributed by atoms with E-state index < -0.39 is 16.0 Å². The van der Waals surface area contributed by atoms with Crippen LogP contribution in [0.5, 0.6) is 5.75 Å². The summed E-state index contributed by atoms with van der Waals surface area (Å²) in [5, 5.41) is 0. The van der Waals surface area contributed by atoms with Gasteiger partial charge in [0.15, 0.2) is 0 Å². The van der Waals surface area contributed by atoms with Crippen LogP contribution in [-0.2, 0) is 14.8 Å². The van der Waals surface area contributed by atoms with E-state index in [4.69, 9.17) is 4.74 Å². The molecule has 1 aliphatic rings. The monoisotopic (exact) mass is 403 g/mol. The standard InChI is InChI=1S/C21H25NO5S/c1-26-18-11-7-16(8-12-18)20-6-4-3-5-15-22(20)28(24,25)19-13-9-17(10-14-19)21(23)27-2/h7-14,20H,3-6,15H2,1-2H3/t20-/m1/s1. The third kappa shape index (κ3) is 4.20. The van der Waals surface area contributed by atoms with Gasteiger partial charge in [0.25, 0.3) is 0 Å². The molecule has 0 aromatic heterocycles. The molecule has 0 spiro atoms. The molecule has 1 aliphatic heterocycles. The molecule has 2 aromatic carbocycles. The van der Waals surface area contributed by atoms with Crippen molar-refractivity contribution in [3.63, 3.8) is 0 Å². The predicted molar refractivity (Wildman–Crippen MR) is 106 cm³/mol. The Labute approximate surface area is 166 Å². The van der Waals surface area contributed by atoms with Gasteiger partial charge in [0.05, 0.1) is 30.7 Å². The van der Waals surface area contributed by atoms with Crippen molar-refractivity contribution in [3.05, 3.63) is 59.7 Å². The second kappa shape index (κ2) is 8.75. The summed E-state index contributed by atoms with van der Waals surface area (Å²) in [4.78, 5) is 11.8. The van der Waals surface area contributed by atoms with E-state index in [-0.39, 0.29) is 10.9 Å². The van der Waals surface area contributed by atoms with Gasteiger partial charge < -0.3 is 9.47 Å². The van der Waals surface area contributed by atoms with Crippen LogP contribution in [-0.4, -0.2) is 39.5 Å². The minimum absolute atomic E-state index is 0.181. The molecule has 2 aromatic rings. The fourth-order valence-corrected chi connectivity index (χ4v) is 5.23. The molecular formula is C21H25NO5S. The number of hydrogen-bond donors (Lipinski definition) is 0. The van der Waals surface area contributed by atoms with Crippen molar-refractivity contribution in [2.24, 2.45) is 0 Å². The van der Waals surface area contributed by atoms with Gasteiger partial charge in [-0.1, -0.05) is 25.0 Å². The molecule has 150 valence electrons. The summed E-state index contributed by atoms with van der Waals surface area (Å²) in [5.41, 5.74) is 1.28. The number of carbonyl (C=O) groups excluding carboxylic acids is 1. The highest BCUT2D eigenvalue weighted by atomic mass is 32.2. The van der Waals surface area contributed by atoms with Gasteiger partial charge in [-0.05, 0) is 54.8 Å². The van der Waals surface area contributed by atoms with Crippen molar-refractivity contribution in [2.45, 2.75) is 36.6 Å². The van der Waals surface area contributed by atoms with Crippen LogP contribution in [0.3, 0.4) is 0 Å². The molecule has 6 nitrogen and oxygen atoms in total. The first-order valence-electron chi connectivity index (χ1n) is 9.31. The highest BCUT2D eigenvalue weighted by Crippen LogP contribution is 2.35. The van der Waals surface area contributed by atoms with E-state index in [1.54, 1.807) is 11.4 Å². The molecular weight excluding hydrogens is 378 g/mol. The van der Waals surface area contributed by atoms with Crippen LogP contribution in [0.4, 0.5) is 0 Å². The molecule has 1 heterocycles. The van der Waals surface area contributed by atoms with E-state index in [0.717, 1.165) is 37.0 Å². The maximum atomic E-state index is 13.4. The molecule has 0 N–H and O–H groups in total. The Hall–Kier alpha value is -2.38. The number of nitrogens with zero attached hydrogens (tertiary/aromatic N) is 1. The van der Waals surface area contributed by atoms with Crippen LogP contribution >= 0.6 is 0 Å². The van der Waals surface area contributed by atoms with Gasteiger partial charge in [-0.25, -0.2) is 13.2 Å². The zero-order valence-electron chi connectivity index (χ0n) is 16.1. The lowest BCUT2D eigenvalue weighted by atomic mass is 10.0. The zero-order chi connectivity index (χ0) is 20.1. The van der Waals surface area contributed by atoms with Gasteiger partial charge in [0.1, 0.15) is 5.75 Å². The van der Waals surface area contributed by atoms with Crippen LogP contribution < -0.4 is 4.74 Å². The maximum absolute atomic E-state index is 13.4. The van der Waals surface area contributed by atoms with Crippen LogP contribution in [0, 0.1) is 0 Å². The molecule has 1 fully saturated rings. The minimum Gasteiger partial charge on any atom is -0.497 e. The lowest BCUT2D eigenvalue weighted by Crippen LogP contribution is -2.34. The van der Waals surface area contributed by atoms with E-state index in [2.05, 4.69) is 4.74 Å². The maximum Gasteiger partial charge on any atom is 0.337 e. The van der Waals surface area contributed by atoms with Gasteiger partial charge in [-0.3, -0.25) is 0 Å². The number of methoxy groups -OCH3 is 2. The number of hydrogen-bond acceptors (Lipinski definition) is 5. The molecule has 28 heavy (non-hydrogen) atoms. The zero-order valence-corrected chi connectivity index (χ0v) is 16.9. The van der Waals surface area contributed by atoms with E-state index >= 15 is 0 Å². The first-order valence-corrected chi connectivity index (χ1v) is 10.8. The molecule has 0 unspecified atom stereocenters. The van der Waals surface area contributed by atoms with Crippen LogP contribution in [0.25, 0.3) is 0 Å². The van der Waals surface area contributed by atoms with E-state index in [9.17, 15) is 13.2 Å². The van der Waals surface area contributed by atoms with Crippen molar-refractivity contribution < 1.29 is 22.7 Å². The van der Waals surface area contributed by atoms with E-state index in [1.165, 1.54) is 31.4 Å². The van der Waals surface area contributed by atoms with E-state index in [0.29, 0.717) is 12.1 Å². The molecule has 0 aliphatic carbocycles. The topological polar surface area (TPSA) is 72.9 Å². The number of sulfonamides is 1. The summed E-state index contributed by atoms with van der Waals surface area (Å²) in [5.74, 6) is 0.250. The Morgan fingerprint density at radius 1 is 0.964 bits per heavy atom. The average Bonchev–Trinajstić information content (AvgIpc) is 3.00. The second-order valence-electron chi connectivity index (χ2n) is 6.77. The molecule has 0 radical (unpaired) electrons. The Bertz CT molecular complexity index is 907. The summed E-state index contributed by atoms with van der Waals surface area (Å²) >= 11 is 0. The fraction of sp³-hybridized carbons (Fsp3) is 0.381. The first kappa shape index (κ1) is 20.4. The summed E-state index contributed by atoms with van der Waals surface area (Å²) in [6.45, 7) is 0.470. The molecule has 7 heteroatoms. The Morgan fingerprint density at radius 2 is 1.64 bits per heavy atom. The molecule has 0 saturated carbocycles. The van der Waals surface area contributed by atoms with Crippen molar-refractivity contribution in [2.75, 3.05) is 20.8 Å². The van der Waals surface area contributed by atoms with Crippen molar-refractivity contribution >= 4 is 16.0 Å². The van der Waals surface area contributed by atoms with Gasteiger partial charge in [0.2, 0.25) is 10.0 Å². The van der Waals surface area contributed by atoms with Gasteiger partial charge in [-0.2, -0.15) is 4.31 Å². The lowest BCUT2D eigenvalue weighted by Gasteiger charge is -2.29. The smallest absolute Gasteiger partial charge is 0.337 e. The fourth-order valence-electron chi connectivity index (χ4n) is 3.54. The predicted octanol–water partition coefficient (Wildman–Crippen LogP) is 3.79. The highest BCUT2D eigenvalue weighted by molar-refractivity contribution is 7.89. The number of carbonyl (C=O) groups is 1. The normalized spacial score (nSPS) is 18.3. The van der Waals surface area contributed by atoms with Crippen molar-refractivity contribution in [1.82, 2.24) is 4.31 Å². The van der Waals surface area contributed by atoms with Crippen LogP contribution in [0.15, 0.2) is 53.4 Å². The number of benzene rings is 2. The highest BCUT2D eigenvalue weighted by Gasteiger charge is 2.33. The van der Waals surface area contributed by atoms with Gasteiger partial charge in [-0.15, -0.1) is 0 Å². The molecule has 1 saturated heterocycles. The van der Waals surface area contributed by atoms with Crippen molar-refractivity contribution in [1.29, 1.82) is 0 Å². The average molecular weight is 404 g/mol. The SMILES string of the molecule is COC(=O)c1ccc(S(=O)(=O)N2CCCCC[C@@H]2c2ccc(OC)cc2)cc1. The van der Waals surface area contributed by atoms with Gasteiger partial charge >= 0.3 is 5.97 Å². The molecule has 3 rings (SSSR count). The Kier molecular flexibility index (Phi) is 6.36. The first-order chi connectivity index (χ1) is 13.5. The van der Waals surface area contributed by atoms with Crippen LogP contribution in [0.2, 0.25) is 0 Å². The number of esters is 1. The quantitative estimate of drug-likeness (QED) is 0.710. The molecule has 0 bridgehead atoms. The lowest BCUT2D eigenvalue weighted by molar-refractivity contribution is 0.0600. The molecule has 0 amide bonds. The Morgan fingerprint density at radius 3 is 2.25 bits per heavy atom. The van der Waals surface area contributed by atoms with Crippen LogP contribution in [0.1, 0.15) is 47.6 Å². The third-order valence-electron chi connectivity index (χ3n) is 5.09. The van der Waals surface area contributed by atoms with Crippen molar-refractivity contribution in [3.8, 4) is 5.75 Å².